The van der Waals surface area contributed by atoms with Gasteiger partial charge in [-0.2, -0.15) is 5.26 Å². The van der Waals surface area contributed by atoms with Crippen LogP contribution in [0.2, 0.25) is 5.02 Å². The van der Waals surface area contributed by atoms with Crippen molar-refractivity contribution in [1.29, 1.82) is 5.26 Å². The summed E-state index contributed by atoms with van der Waals surface area (Å²) in [5.74, 6) is -0.221. The third kappa shape index (κ3) is 3.34. The van der Waals surface area contributed by atoms with Gasteiger partial charge in [-0.1, -0.05) is 11.6 Å². The number of hydrogen-bond acceptors (Lipinski definition) is 4. The first-order valence-electron chi connectivity index (χ1n) is 5.59. The van der Waals surface area contributed by atoms with Crippen molar-refractivity contribution in [2.45, 2.75) is 13.8 Å². The van der Waals surface area contributed by atoms with Crippen LogP contribution < -0.4 is 5.73 Å². The molecular formula is C12H15ClN4O. The Morgan fingerprint density at radius 1 is 1.72 bits per heavy atom. The molecule has 0 aliphatic carbocycles. The zero-order valence-electron chi connectivity index (χ0n) is 10.4. The molecule has 96 valence electrons. The fourth-order valence-electron chi connectivity index (χ4n) is 1.48. The Balaban J connectivity index is 2.90. The zero-order chi connectivity index (χ0) is 13.7. The fraction of sp³-hybridized carbons (Fsp3) is 0.417. The van der Waals surface area contributed by atoms with Crippen molar-refractivity contribution in [3.8, 4) is 6.07 Å². The number of nitrogens with two attached hydrogens (primary N) is 1. The number of nitrogens with zero attached hydrogens (tertiary/aromatic N) is 3. The lowest BCUT2D eigenvalue weighted by Gasteiger charge is -2.22. The number of amides is 1. The lowest BCUT2D eigenvalue weighted by molar-refractivity contribution is 0.0752. The summed E-state index contributed by atoms with van der Waals surface area (Å²) in [7, 11) is 0. The normalized spacial score (nSPS) is 11.7. The van der Waals surface area contributed by atoms with E-state index in [-0.39, 0.29) is 22.7 Å². The molecule has 0 aliphatic heterocycles. The smallest absolute Gasteiger partial charge is 0.255 e. The predicted molar refractivity (Wildman–Crippen MR) is 70.0 cm³/mol. The number of carbonyl (C=O) groups is 1. The molecule has 1 heterocycles. The van der Waals surface area contributed by atoms with Gasteiger partial charge in [0.05, 0.1) is 22.6 Å². The van der Waals surface area contributed by atoms with Crippen molar-refractivity contribution in [3.63, 3.8) is 0 Å². The molecule has 18 heavy (non-hydrogen) atoms. The van der Waals surface area contributed by atoms with E-state index < -0.39 is 0 Å². The van der Waals surface area contributed by atoms with Crippen LogP contribution in [-0.4, -0.2) is 28.9 Å². The summed E-state index contributed by atoms with van der Waals surface area (Å²) in [6.45, 7) is 4.53. The van der Waals surface area contributed by atoms with Crippen LogP contribution in [0, 0.1) is 17.2 Å². The molecule has 2 N–H and O–H groups in total. The van der Waals surface area contributed by atoms with Crippen molar-refractivity contribution in [2.75, 3.05) is 18.8 Å². The number of nitriles is 1. The van der Waals surface area contributed by atoms with Crippen LogP contribution >= 0.6 is 11.6 Å². The number of halogens is 1. The molecule has 6 heteroatoms. The molecule has 0 fully saturated rings. The third-order valence-corrected chi connectivity index (χ3v) is 2.80. The Labute approximate surface area is 111 Å². The standard InChI is InChI=1S/C12H15ClN4O/c1-3-17(7-8(2)5-14)12(18)9-4-10(13)11(15)16-6-9/h4,6,8H,3,7H2,1-2H3,(H2,15,16). The highest BCUT2D eigenvalue weighted by Gasteiger charge is 2.17. The van der Waals surface area contributed by atoms with Gasteiger partial charge in [0.25, 0.3) is 5.91 Å². The Morgan fingerprint density at radius 2 is 2.39 bits per heavy atom. The number of aromatic nitrogens is 1. The van der Waals surface area contributed by atoms with E-state index in [2.05, 4.69) is 11.1 Å². The summed E-state index contributed by atoms with van der Waals surface area (Å²) in [5, 5.41) is 9.03. The SMILES string of the molecule is CCN(CC(C)C#N)C(=O)c1cnc(N)c(Cl)c1. The average Bonchev–Trinajstić information content (AvgIpc) is 2.38. The minimum atomic E-state index is -0.217. The number of carbonyl (C=O) groups excluding carboxylic acids is 1. The van der Waals surface area contributed by atoms with Gasteiger partial charge in [0.15, 0.2) is 0 Å². The summed E-state index contributed by atoms with van der Waals surface area (Å²) >= 11 is 5.83. The van der Waals surface area contributed by atoms with Gasteiger partial charge >= 0.3 is 0 Å². The van der Waals surface area contributed by atoms with Crippen LogP contribution in [-0.2, 0) is 0 Å². The van der Waals surface area contributed by atoms with Crippen molar-refractivity contribution in [2.24, 2.45) is 5.92 Å². The molecular weight excluding hydrogens is 252 g/mol. The Kier molecular flexibility index (Phi) is 4.93. The van der Waals surface area contributed by atoms with E-state index in [1.165, 1.54) is 12.3 Å². The molecule has 0 saturated heterocycles. The van der Waals surface area contributed by atoms with Crippen LogP contribution in [0.4, 0.5) is 5.82 Å². The maximum Gasteiger partial charge on any atom is 0.255 e. The third-order valence-electron chi connectivity index (χ3n) is 2.50. The first kappa shape index (κ1) is 14.3. The van der Waals surface area contributed by atoms with Gasteiger partial charge in [-0.05, 0) is 19.9 Å². The van der Waals surface area contributed by atoms with Crippen molar-refractivity contribution < 1.29 is 4.79 Å². The second kappa shape index (κ2) is 6.22. The van der Waals surface area contributed by atoms with Gasteiger partial charge in [0, 0.05) is 19.3 Å². The minimum Gasteiger partial charge on any atom is -0.382 e. The van der Waals surface area contributed by atoms with Crippen LogP contribution in [0.1, 0.15) is 24.2 Å². The van der Waals surface area contributed by atoms with Gasteiger partial charge in [-0.25, -0.2) is 4.98 Å². The molecule has 1 aromatic rings. The summed E-state index contributed by atoms with van der Waals surface area (Å²) in [6, 6.07) is 3.59. The highest BCUT2D eigenvalue weighted by atomic mass is 35.5. The van der Waals surface area contributed by atoms with E-state index in [9.17, 15) is 4.79 Å². The summed E-state index contributed by atoms with van der Waals surface area (Å²) in [5.41, 5.74) is 5.86. The molecule has 1 amide bonds. The molecule has 0 radical (unpaired) electrons. The Hall–Kier alpha value is -1.80. The molecule has 0 aromatic carbocycles. The van der Waals surface area contributed by atoms with Gasteiger partial charge in [-0.3, -0.25) is 4.79 Å². The van der Waals surface area contributed by atoms with E-state index in [4.69, 9.17) is 22.6 Å². The topological polar surface area (TPSA) is 83.0 Å². The predicted octanol–water partition coefficient (Wildman–Crippen LogP) is 1.94. The molecule has 1 rings (SSSR count). The molecule has 0 aliphatic rings. The minimum absolute atomic E-state index is 0.196. The van der Waals surface area contributed by atoms with Crippen molar-refractivity contribution in [1.82, 2.24) is 9.88 Å². The molecule has 5 nitrogen and oxygen atoms in total. The number of nitrogen functional groups attached to an aromatic ring is 1. The average molecular weight is 267 g/mol. The van der Waals surface area contributed by atoms with Gasteiger partial charge in [0.2, 0.25) is 0 Å². The fourth-order valence-corrected chi connectivity index (χ4v) is 1.64. The summed E-state index contributed by atoms with van der Waals surface area (Å²) in [4.78, 5) is 17.6. The first-order valence-corrected chi connectivity index (χ1v) is 5.97. The van der Waals surface area contributed by atoms with Gasteiger partial charge in [-0.15, -0.1) is 0 Å². The molecule has 1 aromatic heterocycles. The van der Waals surface area contributed by atoms with Crippen LogP contribution in [0.15, 0.2) is 12.3 Å². The largest absolute Gasteiger partial charge is 0.382 e. The highest BCUT2D eigenvalue weighted by molar-refractivity contribution is 6.33. The van der Waals surface area contributed by atoms with E-state index in [1.807, 2.05) is 6.92 Å². The monoisotopic (exact) mass is 266 g/mol. The highest BCUT2D eigenvalue weighted by Crippen LogP contribution is 2.18. The number of rotatable bonds is 4. The van der Waals surface area contributed by atoms with E-state index >= 15 is 0 Å². The number of pyridine rings is 1. The molecule has 0 spiro atoms. The van der Waals surface area contributed by atoms with Gasteiger partial charge < -0.3 is 10.6 Å². The van der Waals surface area contributed by atoms with Crippen molar-refractivity contribution in [3.05, 3.63) is 22.8 Å². The summed E-state index contributed by atoms with van der Waals surface area (Å²) in [6.07, 6.45) is 1.39. The van der Waals surface area contributed by atoms with E-state index in [0.717, 1.165) is 0 Å². The lowest BCUT2D eigenvalue weighted by atomic mass is 10.1. The maximum atomic E-state index is 12.2. The second-order valence-corrected chi connectivity index (χ2v) is 4.37. The molecule has 1 unspecified atom stereocenters. The van der Waals surface area contributed by atoms with Crippen LogP contribution in [0.25, 0.3) is 0 Å². The maximum absolute atomic E-state index is 12.2. The summed E-state index contributed by atoms with van der Waals surface area (Å²) < 4.78 is 0. The quantitative estimate of drug-likeness (QED) is 0.903. The van der Waals surface area contributed by atoms with E-state index in [0.29, 0.717) is 18.7 Å². The molecule has 1 atom stereocenters. The second-order valence-electron chi connectivity index (χ2n) is 3.96. The molecule has 0 saturated carbocycles. The van der Waals surface area contributed by atoms with Crippen LogP contribution in [0.3, 0.4) is 0 Å². The number of hydrogen-bond donors (Lipinski definition) is 1. The first-order chi connectivity index (χ1) is 8.49. The Morgan fingerprint density at radius 3 is 2.89 bits per heavy atom. The van der Waals surface area contributed by atoms with Crippen LogP contribution in [0.5, 0.6) is 0 Å². The van der Waals surface area contributed by atoms with E-state index in [1.54, 1.807) is 11.8 Å². The molecule has 0 bridgehead atoms. The number of anilines is 1. The van der Waals surface area contributed by atoms with Crippen molar-refractivity contribution >= 4 is 23.3 Å². The van der Waals surface area contributed by atoms with Gasteiger partial charge in [0.1, 0.15) is 5.82 Å². The Bertz CT molecular complexity index is 483. The lowest BCUT2D eigenvalue weighted by Crippen LogP contribution is -2.34. The zero-order valence-corrected chi connectivity index (χ0v) is 11.1.